The molecular weight excluding hydrogens is 292 g/mol. The van der Waals surface area contributed by atoms with Crippen molar-refractivity contribution in [2.45, 2.75) is 12.8 Å². The van der Waals surface area contributed by atoms with Gasteiger partial charge in [-0.25, -0.2) is 4.79 Å². The van der Waals surface area contributed by atoms with Gasteiger partial charge in [0.15, 0.2) is 0 Å². The van der Waals surface area contributed by atoms with Gasteiger partial charge in [0.05, 0.1) is 7.11 Å². The van der Waals surface area contributed by atoms with Crippen LogP contribution in [0.2, 0.25) is 5.02 Å². The van der Waals surface area contributed by atoms with Crippen LogP contribution in [0, 0.1) is 0 Å². The number of rotatable bonds is 3. The van der Waals surface area contributed by atoms with Gasteiger partial charge in [0.25, 0.3) is 0 Å². The highest BCUT2D eigenvalue weighted by molar-refractivity contribution is 6.30. The number of halogens is 1. The minimum absolute atomic E-state index is 0.120. The highest BCUT2D eigenvalue weighted by atomic mass is 35.5. The predicted octanol–water partition coefficient (Wildman–Crippen LogP) is 2.18. The molecule has 0 unspecified atom stereocenters. The van der Waals surface area contributed by atoms with E-state index >= 15 is 0 Å². The maximum atomic E-state index is 12.1. The van der Waals surface area contributed by atoms with Crippen LogP contribution in [0.15, 0.2) is 24.3 Å². The maximum absolute atomic E-state index is 12.1. The van der Waals surface area contributed by atoms with E-state index in [4.69, 9.17) is 11.6 Å². The van der Waals surface area contributed by atoms with E-state index in [2.05, 4.69) is 4.74 Å². The molecule has 1 heterocycles. The summed E-state index contributed by atoms with van der Waals surface area (Å²) in [4.78, 5) is 26.9. The fourth-order valence-electron chi connectivity index (χ4n) is 2.33. The van der Waals surface area contributed by atoms with Crippen molar-refractivity contribution >= 4 is 23.6 Å². The molecule has 21 heavy (non-hydrogen) atoms. The molecular formula is C15H19ClN2O3. The van der Waals surface area contributed by atoms with E-state index in [1.807, 2.05) is 24.3 Å². The van der Waals surface area contributed by atoms with Crippen LogP contribution < -0.4 is 0 Å². The van der Waals surface area contributed by atoms with Crippen molar-refractivity contribution in [2.24, 2.45) is 0 Å². The summed E-state index contributed by atoms with van der Waals surface area (Å²) in [5, 5.41) is 0.698. The first kappa shape index (κ1) is 15.6. The smallest absolute Gasteiger partial charge is 0.409 e. The Morgan fingerprint density at radius 2 is 1.67 bits per heavy atom. The van der Waals surface area contributed by atoms with E-state index in [9.17, 15) is 9.59 Å². The van der Waals surface area contributed by atoms with Gasteiger partial charge in [-0.05, 0) is 24.1 Å². The van der Waals surface area contributed by atoms with Crippen LogP contribution in [0.25, 0.3) is 0 Å². The largest absolute Gasteiger partial charge is 0.453 e. The van der Waals surface area contributed by atoms with Crippen molar-refractivity contribution < 1.29 is 14.3 Å². The Bertz CT molecular complexity index is 496. The number of nitrogens with zero attached hydrogens (tertiary/aromatic N) is 2. The Hall–Kier alpha value is -1.75. The summed E-state index contributed by atoms with van der Waals surface area (Å²) in [5.41, 5.74) is 1.10. The van der Waals surface area contributed by atoms with Crippen LogP contribution in [0.3, 0.4) is 0 Å². The average Bonchev–Trinajstić information content (AvgIpc) is 2.53. The number of hydrogen-bond donors (Lipinski definition) is 0. The number of hydrogen-bond acceptors (Lipinski definition) is 3. The van der Waals surface area contributed by atoms with Crippen LogP contribution >= 0.6 is 11.6 Å². The number of ether oxygens (including phenoxy) is 1. The standard InChI is InChI=1S/C15H19ClN2O3/c1-21-15(20)18-10-8-17(9-11-18)14(19)7-4-12-2-5-13(16)6-3-12/h2-3,5-6H,4,7-11H2,1H3. The van der Waals surface area contributed by atoms with E-state index in [0.29, 0.717) is 44.0 Å². The molecule has 2 amide bonds. The molecule has 0 radical (unpaired) electrons. The normalized spacial score (nSPS) is 15.0. The lowest BCUT2D eigenvalue weighted by Crippen LogP contribution is -2.50. The molecule has 1 saturated heterocycles. The lowest BCUT2D eigenvalue weighted by molar-refractivity contribution is -0.132. The van der Waals surface area contributed by atoms with Gasteiger partial charge in [-0.15, -0.1) is 0 Å². The number of aryl methyl sites for hydroxylation is 1. The van der Waals surface area contributed by atoms with Crippen molar-refractivity contribution in [3.05, 3.63) is 34.9 Å². The third-order valence-corrected chi connectivity index (χ3v) is 3.86. The van der Waals surface area contributed by atoms with E-state index in [1.54, 1.807) is 9.80 Å². The molecule has 0 atom stereocenters. The Kier molecular flexibility index (Phi) is 5.44. The summed E-state index contributed by atoms with van der Waals surface area (Å²) in [6, 6.07) is 7.53. The van der Waals surface area contributed by atoms with E-state index in [1.165, 1.54) is 7.11 Å². The van der Waals surface area contributed by atoms with Gasteiger partial charge in [0, 0.05) is 37.6 Å². The highest BCUT2D eigenvalue weighted by Crippen LogP contribution is 2.12. The number of methoxy groups -OCH3 is 1. The van der Waals surface area contributed by atoms with Gasteiger partial charge in [-0.3, -0.25) is 4.79 Å². The minimum Gasteiger partial charge on any atom is -0.453 e. The van der Waals surface area contributed by atoms with E-state index < -0.39 is 0 Å². The van der Waals surface area contributed by atoms with E-state index in [-0.39, 0.29) is 12.0 Å². The zero-order valence-electron chi connectivity index (χ0n) is 12.0. The van der Waals surface area contributed by atoms with Gasteiger partial charge in [-0.2, -0.15) is 0 Å². The van der Waals surface area contributed by atoms with E-state index in [0.717, 1.165) is 5.56 Å². The summed E-state index contributed by atoms with van der Waals surface area (Å²) in [5.74, 6) is 0.120. The molecule has 1 aromatic carbocycles. The molecule has 1 aromatic rings. The molecule has 5 nitrogen and oxygen atoms in total. The van der Waals surface area contributed by atoms with Crippen LogP contribution in [0.5, 0.6) is 0 Å². The SMILES string of the molecule is COC(=O)N1CCN(C(=O)CCc2ccc(Cl)cc2)CC1. The fourth-order valence-corrected chi connectivity index (χ4v) is 2.45. The fraction of sp³-hybridized carbons (Fsp3) is 0.467. The van der Waals surface area contributed by atoms with Crippen LogP contribution in [-0.4, -0.2) is 55.1 Å². The molecule has 2 rings (SSSR count). The Labute approximate surface area is 129 Å². The molecule has 1 aliphatic rings. The number of benzene rings is 1. The van der Waals surface area contributed by atoms with Gasteiger partial charge >= 0.3 is 6.09 Å². The molecule has 0 saturated carbocycles. The Morgan fingerprint density at radius 3 is 2.24 bits per heavy atom. The first-order chi connectivity index (χ1) is 10.1. The van der Waals surface area contributed by atoms with Crippen LogP contribution in [0.1, 0.15) is 12.0 Å². The van der Waals surface area contributed by atoms with Gasteiger partial charge in [0.2, 0.25) is 5.91 Å². The molecule has 1 aliphatic heterocycles. The second-order valence-electron chi connectivity index (χ2n) is 4.96. The second-order valence-corrected chi connectivity index (χ2v) is 5.40. The monoisotopic (exact) mass is 310 g/mol. The van der Waals surface area contributed by atoms with Crippen molar-refractivity contribution in [2.75, 3.05) is 33.3 Å². The van der Waals surface area contributed by atoms with Crippen molar-refractivity contribution in [3.8, 4) is 0 Å². The van der Waals surface area contributed by atoms with Gasteiger partial charge < -0.3 is 14.5 Å². The molecule has 1 fully saturated rings. The van der Waals surface area contributed by atoms with Gasteiger partial charge in [0.1, 0.15) is 0 Å². The third-order valence-electron chi connectivity index (χ3n) is 3.61. The summed E-state index contributed by atoms with van der Waals surface area (Å²) < 4.78 is 4.67. The number of amides is 2. The number of carbonyl (C=O) groups is 2. The lowest BCUT2D eigenvalue weighted by atomic mass is 10.1. The predicted molar refractivity (Wildman–Crippen MR) is 80.3 cm³/mol. The second kappa shape index (κ2) is 7.31. The Morgan fingerprint density at radius 1 is 1.10 bits per heavy atom. The molecule has 114 valence electrons. The van der Waals surface area contributed by atoms with Crippen molar-refractivity contribution in [1.82, 2.24) is 9.80 Å². The number of carbonyl (C=O) groups excluding carboxylic acids is 2. The third kappa shape index (κ3) is 4.36. The lowest BCUT2D eigenvalue weighted by Gasteiger charge is -2.33. The molecule has 6 heteroatoms. The number of piperazine rings is 1. The van der Waals surface area contributed by atoms with Gasteiger partial charge in [-0.1, -0.05) is 23.7 Å². The molecule has 0 aliphatic carbocycles. The zero-order valence-corrected chi connectivity index (χ0v) is 12.8. The Balaban J connectivity index is 1.77. The summed E-state index contributed by atoms with van der Waals surface area (Å²) in [7, 11) is 1.37. The molecule has 0 bridgehead atoms. The highest BCUT2D eigenvalue weighted by Gasteiger charge is 2.24. The molecule has 0 spiro atoms. The first-order valence-corrected chi connectivity index (χ1v) is 7.33. The maximum Gasteiger partial charge on any atom is 0.409 e. The quantitative estimate of drug-likeness (QED) is 0.860. The van der Waals surface area contributed by atoms with Crippen LogP contribution in [0.4, 0.5) is 4.79 Å². The topological polar surface area (TPSA) is 49.9 Å². The first-order valence-electron chi connectivity index (χ1n) is 6.95. The molecule has 0 N–H and O–H groups in total. The minimum atomic E-state index is -0.330. The summed E-state index contributed by atoms with van der Waals surface area (Å²) >= 11 is 5.83. The molecule has 0 aromatic heterocycles. The van der Waals surface area contributed by atoms with Crippen molar-refractivity contribution in [3.63, 3.8) is 0 Å². The summed E-state index contributed by atoms with van der Waals surface area (Å²) in [6.07, 6.45) is 0.843. The zero-order chi connectivity index (χ0) is 15.2. The van der Waals surface area contributed by atoms with Crippen molar-refractivity contribution in [1.29, 1.82) is 0 Å². The summed E-state index contributed by atoms with van der Waals surface area (Å²) in [6.45, 7) is 2.18. The van der Waals surface area contributed by atoms with Crippen LogP contribution in [-0.2, 0) is 16.0 Å². The average molecular weight is 311 g/mol.